The Morgan fingerprint density at radius 1 is 1.36 bits per heavy atom. The third-order valence-electron chi connectivity index (χ3n) is 3.75. The fourth-order valence-electron chi connectivity index (χ4n) is 2.81. The summed E-state index contributed by atoms with van der Waals surface area (Å²) >= 11 is 7.63. The first kappa shape index (κ1) is 18.0. The number of hydrogen-bond donors (Lipinski definition) is 0. The van der Waals surface area contributed by atoms with Gasteiger partial charge < -0.3 is 4.74 Å². The summed E-state index contributed by atoms with van der Waals surface area (Å²) in [6, 6.07) is 5.90. The second-order valence-electron chi connectivity index (χ2n) is 7.16. The number of carbonyl (C=O) groups is 1. The smallest absolute Gasteiger partial charge is 0.357 e. The molecule has 0 fully saturated rings. The van der Waals surface area contributed by atoms with Gasteiger partial charge >= 0.3 is 5.97 Å². The van der Waals surface area contributed by atoms with Gasteiger partial charge in [0.1, 0.15) is 0 Å². The quantitative estimate of drug-likeness (QED) is 0.564. The zero-order chi connectivity index (χ0) is 18.2. The SMILES string of the molecule is CCOC(=O)c1csc(-n2cc(CC(C)(C)C)c3ccc(Cl)cc32)n1. The number of thiazole rings is 1. The van der Waals surface area contributed by atoms with Gasteiger partial charge in [-0.05, 0) is 36.5 Å². The Bertz CT molecular complexity index is 921. The lowest BCUT2D eigenvalue weighted by Gasteiger charge is -2.17. The van der Waals surface area contributed by atoms with Crippen molar-refractivity contribution in [2.45, 2.75) is 34.1 Å². The molecular formula is C19H21ClN2O2S. The zero-order valence-corrected chi connectivity index (χ0v) is 16.4. The monoisotopic (exact) mass is 376 g/mol. The van der Waals surface area contributed by atoms with Gasteiger partial charge in [-0.15, -0.1) is 11.3 Å². The average molecular weight is 377 g/mol. The molecule has 0 radical (unpaired) electrons. The fourth-order valence-corrected chi connectivity index (χ4v) is 3.76. The molecule has 3 rings (SSSR count). The van der Waals surface area contributed by atoms with Crippen molar-refractivity contribution >= 4 is 39.8 Å². The van der Waals surface area contributed by atoms with Crippen molar-refractivity contribution in [2.75, 3.05) is 6.61 Å². The van der Waals surface area contributed by atoms with E-state index >= 15 is 0 Å². The number of carbonyl (C=O) groups excluding carboxylic acids is 1. The Morgan fingerprint density at radius 2 is 2.12 bits per heavy atom. The Hall–Kier alpha value is -1.85. The number of nitrogens with zero attached hydrogens (tertiary/aromatic N) is 2. The number of ether oxygens (including phenoxy) is 1. The molecule has 6 heteroatoms. The number of halogens is 1. The normalized spacial score (nSPS) is 11.9. The van der Waals surface area contributed by atoms with Gasteiger partial charge in [-0.3, -0.25) is 4.57 Å². The maximum atomic E-state index is 11.9. The van der Waals surface area contributed by atoms with E-state index in [1.54, 1.807) is 12.3 Å². The number of benzene rings is 1. The van der Waals surface area contributed by atoms with Crippen LogP contribution in [0.15, 0.2) is 29.8 Å². The Kier molecular flexibility index (Phi) is 4.89. The van der Waals surface area contributed by atoms with Crippen LogP contribution in [0.3, 0.4) is 0 Å². The molecule has 0 saturated heterocycles. The standard InChI is InChI=1S/C19H21ClN2O2S/c1-5-24-17(23)15-11-25-18(21-15)22-10-12(9-19(2,3)4)14-7-6-13(20)8-16(14)22/h6-8,10-11H,5,9H2,1-4H3. The van der Waals surface area contributed by atoms with Crippen LogP contribution in [0.1, 0.15) is 43.7 Å². The maximum absolute atomic E-state index is 11.9. The second-order valence-corrected chi connectivity index (χ2v) is 8.43. The molecule has 0 unspecified atom stereocenters. The van der Waals surface area contributed by atoms with Crippen LogP contribution < -0.4 is 0 Å². The molecule has 2 heterocycles. The van der Waals surface area contributed by atoms with Crippen molar-refractivity contribution in [3.63, 3.8) is 0 Å². The van der Waals surface area contributed by atoms with E-state index in [0.717, 1.165) is 22.5 Å². The molecule has 4 nitrogen and oxygen atoms in total. The summed E-state index contributed by atoms with van der Waals surface area (Å²) in [5.41, 5.74) is 2.74. The van der Waals surface area contributed by atoms with Crippen LogP contribution in [0.4, 0.5) is 0 Å². The maximum Gasteiger partial charge on any atom is 0.357 e. The highest BCUT2D eigenvalue weighted by molar-refractivity contribution is 7.12. The molecule has 0 aliphatic rings. The van der Waals surface area contributed by atoms with Crippen LogP contribution in [0, 0.1) is 5.41 Å². The summed E-state index contributed by atoms with van der Waals surface area (Å²) < 4.78 is 7.04. The van der Waals surface area contributed by atoms with E-state index < -0.39 is 5.97 Å². The number of aromatic nitrogens is 2. The number of rotatable bonds is 4. The number of hydrogen-bond acceptors (Lipinski definition) is 4. The van der Waals surface area contributed by atoms with Crippen molar-refractivity contribution in [1.82, 2.24) is 9.55 Å². The molecular weight excluding hydrogens is 356 g/mol. The summed E-state index contributed by atoms with van der Waals surface area (Å²) in [6.45, 7) is 8.77. The molecule has 0 spiro atoms. The first-order chi connectivity index (χ1) is 11.8. The Labute approximate surface area is 156 Å². The molecule has 0 saturated carbocycles. The van der Waals surface area contributed by atoms with E-state index in [2.05, 4.69) is 38.0 Å². The number of esters is 1. The Balaban J connectivity index is 2.10. The molecule has 0 aliphatic heterocycles. The number of fused-ring (bicyclic) bond motifs is 1. The lowest BCUT2D eigenvalue weighted by Crippen LogP contribution is -2.08. The molecule has 0 N–H and O–H groups in total. The van der Waals surface area contributed by atoms with Crippen molar-refractivity contribution in [3.8, 4) is 5.13 Å². The van der Waals surface area contributed by atoms with Crippen LogP contribution in [-0.2, 0) is 11.2 Å². The summed E-state index contributed by atoms with van der Waals surface area (Å²) in [5.74, 6) is -0.394. The lowest BCUT2D eigenvalue weighted by atomic mass is 9.88. The van der Waals surface area contributed by atoms with Gasteiger partial charge in [-0.2, -0.15) is 0 Å². The Morgan fingerprint density at radius 3 is 2.80 bits per heavy atom. The highest BCUT2D eigenvalue weighted by Crippen LogP contribution is 2.32. The third-order valence-corrected chi connectivity index (χ3v) is 4.83. The van der Waals surface area contributed by atoms with Gasteiger partial charge in [0, 0.05) is 22.0 Å². The minimum absolute atomic E-state index is 0.164. The molecule has 0 amide bonds. The van der Waals surface area contributed by atoms with Crippen LogP contribution in [0.5, 0.6) is 0 Å². The zero-order valence-electron chi connectivity index (χ0n) is 14.8. The van der Waals surface area contributed by atoms with Crippen molar-refractivity contribution in [3.05, 3.63) is 46.1 Å². The summed E-state index contributed by atoms with van der Waals surface area (Å²) in [4.78, 5) is 16.3. The van der Waals surface area contributed by atoms with E-state index in [9.17, 15) is 4.79 Å². The molecule has 132 valence electrons. The van der Waals surface area contributed by atoms with Crippen LogP contribution in [-0.4, -0.2) is 22.1 Å². The largest absolute Gasteiger partial charge is 0.461 e. The van der Waals surface area contributed by atoms with Gasteiger partial charge in [0.15, 0.2) is 10.8 Å². The molecule has 0 aliphatic carbocycles. The highest BCUT2D eigenvalue weighted by Gasteiger charge is 2.19. The molecule has 25 heavy (non-hydrogen) atoms. The van der Waals surface area contributed by atoms with Gasteiger partial charge in [-0.1, -0.05) is 38.4 Å². The predicted octanol–water partition coefficient (Wildman–Crippen LogP) is 5.51. The van der Waals surface area contributed by atoms with Gasteiger partial charge in [-0.25, -0.2) is 9.78 Å². The molecule has 0 atom stereocenters. The average Bonchev–Trinajstić information content (AvgIpc) is 3.11. The first-order valence-corrected chi connectivity index (χ1v) is 9.47. The van der Waals surface area contributed by atoms with Crippen LogP contribution in [0.2, 0.25) is 5.02 Å². The van der Waals surface area contributed by atoms with Crippen molar-refractivity contribution in [1.29, 1.82) is 0 Å². The lowest BCUT2D eigenvalue weighted by molar-refractivity contribution is 0.0520. The van der Waals surface area contributed by atoms with E-state index in [-0.39, 0.29) is 5.41 Å². The van der Waals surface area contributed by atoms with Gasteiger partial charge in [0.2, 0.25) is 0 Å². The molecule has 1 aromatic carbocycles. The van der Waals surface area contributed by atoms with Crippen molar-refractivity contribution < 1.29 is 9.53 Å². The van der Waals surface area contributed by atoms with Crippen LogP contribution >= 0.6 is 22.9 Å². The van der Waals surface area contributed by atoms with E-state index in [0.29, 0.717) is 17.3 Å². The molecule has 2 aromatic heterocycles. The van der Waals surface area contributed by atoms with E-state index in [4.69, 9.17) is 16.3 Å². The van der Waals surface area contributed by atoms with E-state index in [1.807, 2.05) is 16.7 Å². The predicted molar refractivity (Wildman–Crippen MR) is 103 cm³/mol. The molecule has 0 bridgehead atoms. The minimum atomic E-state index is -0.394. The van der Waals surface area contributed by atoms with Crippen molar-refractivity contribution in [2.24, 2.45) is 5.41 Å². The third kappa shape index (κ3) is 3.88. The minimum Gasteiger partial charge on any atom is -0.461 e. The van der Waals surface area contributed by atoms with Gasteiger partial charge in [0.05, 0.1) is 12.1 Å². The summed E-state index contributed by atoms with van der Waals surface area (Å²) in [5, 5.41) is 4.30. The molecule has 3 aromatic rings. The summed E-state index contributed by atoms with van der Waals surface area (Å²) in [6.07, 6.45) is 3.04. The van der Waals surface area contributed by atoms with E-state index in [1.165, 1.54) is 16.9 Å². The fraction of sp³-hybridized carbons (Fsp3) is 0.368. The first-order valence-electron chi connectivity index (χ1n) is 8.21. The highest BCUT2D eigenvalue weighted by atomic mass is 35.5. The van der Waals surface area contributed by atoms with Crippen LogP contribution in [0.25, 0.3) is 16.0 Å². The topological polar surface area (TPSA) is 44.1 Å². The summed E-state index contributed by atoms with van der Waals surface area (Å²) in [7, 11) is 0. The van der Waals surface area contributed by atoms with Gasteiger partial charge in [0.25, 0.3) is 0 Å². The second kappa shape index (κ2) is 6.81.